The van der Waals surface area contributed by atoms with Gasteiger partial charge in [0.25, 0.3) is 5.91 Å². The number of carbonyl (C=O) groups excluding carboxylic acids is 2. The van der Waals surface area contributed by atoms with Crippen LogP contribution < -0.4 is 16.4 Å². The Balaban J connectivity index is 1.78. The van der Waals surface area contributed by atoms with Gasteiger partial charge in [0, 0.05) is 11.1 Å². The Morgan fingerprint density at radius 3 is 2.41 bits per heavy atom. The number of fused-ring (bicyclic) bond motifs is 1. The molecule has 1 heterocycles. The van der Waals surface area contributed by atoms with E-state index in [0.717, 1.165) is 22.0 Å². The maximum atomic E-state index is 12.7. The first-order valence-corrected chi connectivity index (χ1v) is 8.69. The van der Waals surface area contributed by atoms with Gasteiger partial charge in [-0.15, -0.1) is 0 Å². The van der Waals surface area contributed by atoms with Crippen molar-refractivity contribution in [1.82, 2.24) is 10.3 Å². The van der Waals surface area contributed by atoms with E-state index in [0.29, 0.717) is 16.9 Å². The summed E-state index contributed by atoms with van der Waals surface area (Å²) in [6, 6.07) is 14.2. The van der Waals surface area contributed by atoms with Crippen LogP contribution in [-0.4, -0.2) is 16.9 Å². The Morgan fingerprint density at radius 2 is 1.74 bits per heavy atom. The third-order valence-electron chi connectivity index (χ3n) is 4.43. The minimum absolute atomic E-state index is 0.172. The fourth-order valence-corrected chi connectivity index (χ4v) is 2.96. The number of carbonyl (C=O) groups is 2. The molecule has 0 radical (unpaired) electrons. The highest BCUT2D eigenvalue weighted by atomic mass is 16.2. The number of aromatic nitrogens is 1. The number of anilines is 1. The number of urea groups is 1. The predicted molar refractivity (Wildman–Crippen MR) is 107 cm³/mol. The molecule has 0 spiro atoms. The number of nitrogens with one attached hydrogen (secondary N) is 2. The molecule has 1 unspecified atom stereocenters. The normalized spacial score (nSPS) is 11.8. The van der Waals surface area contributed by atoms with Crippen LogP contribution in [-0.2, 0) is 0 Å². The van der Waals surface area contributed by atoms with Crippen LogP contribution in [0.4, 0.5) is 10.5 Å². The Bertz CT molecular complexity index is 1010. The smallest absolute Gasteiger partial charge is 0.316 e. The van der Waals surface area contributed by atoms with Gasteiger partial charge in [-0.05, 0) is 56.2 Å². The Hall–Kier alpha value is -3.41. The van der Waals surface area contributed by atoms with Gasteiger partial charge in [-0.1, -0.05) is 24.3 Å². The van der Waals surface area contributed by atoms with Crippen LogP contribution in [0.25, 0.3) is 10.9 Å². The lowest BCUT2D eigenvalue weighted by Crippen LogP contribution is -2.27. The first-order chi connectivity index (χ1) is 12.8. The van der Waals surface area contributed by atoms with Crippen LogP contribution in [0.2, 0.25) is 0 Å². The van der Waals surface area contributed by atoms with Crippen molar-refractivity contribution >= 4 is 28.5 Å². The summed E-state index contributed by atoms with van der Waals surface area (Å²) in [7, 11) is 0. The Kier molecular flexibility index (Phi) is 5.07. The lowest BCUT2D eigenvalue weighted by molar-refractivity contribution is 0.0939. The standard InChI is InChI=1S/C21H22N4O2/c1-12-4-5-16-11-18(14(3)23-19(16)10-12)20(26)24-13(2)15-6-8-17(9-7-15)25-21(22)27/h4-11,13H,1-3H3,(H,24,26)(H3,22,25,27). The Morgan fingerprint density at radius 1 is 1.04 bits per heavy atom. The van der Waals surface area contributed by atoms with E-state index in [2.05, 4.69) is 15.6 Å². The van der Waals surface area contributed by atoms with Gasteiger partial charge in [-0.25, -0.2) is 4.79 Å². The molecule has 0 aliphatic rings. The molecule has 0 fully saturated rings. The van der Waals surface area contributed by atoms with E-state index in [4.69, 9.17) is 5.73 Å². The maximum Gasteiger partial charge on any atom is 0.316 e. The second kappa shape index (κ2) is 7.45. The average molecular weight is 362 g/mol. The monoisotopic (exact) mass is 362 g/mol. The summed E-state index contributed by atoms with van der Waals surface area (Å²) >= 11 is 0. The number of nitrogens with zero attached hydrogens (tertiary/aromatic N) is 1. The molecule has 3 aromatic rings. The summed E-state index contributed by atoms with van der Waals surface area (Å²) in [5.74, 6) is -0.172. The van der Waals surface area contributed by atoms with E-state index < -0.39 is 6.03 Å². The Labute approximate surface area is 157 Å². The quantitative estimate of drug-likeness (QED) is 0.658. The molecular formula is C21H22N4O2. The van der Waals surface area contributed by atoms with Crippen LogP contribution in [0.15, 0.2) is 48.5 Å². The van der Waals surface area contributed by atoms with Crippen LogP contribution >= 0.6 is 0 Å². The summed E-state index contributed by atoms with van der Waals surface area (Å²) in [5.41, 5.74) is 9.90. The summed E-state index contributed by atoms with van der Waals surface area (Å²) in [6.45, 7) is 5.76. The number of pyridine rings is 1. The van der Waals surface area contributed by atoms with Gasteiger partial charge in [0.1, 0.15) is 0 Å². The molecule has 0 bridgehead atoms. The first kappa shape index (κ1) is 18.4. The number of rotatable bonds is 4. The molecule has 3 amide bonds. The van der Waals surface area contributed by atoms with Crippen molar-refractivity contribution in [3.8, 4) is 0 Å². The zero-order valence-electron chi connectivity index (χ0n) is 15.5. The molecule has 1 aromatic heterocycles. The van der Waals surface area contributed by atoms with Crippen molar-refractivity contribution < 1.29 is 9.59 Å². The summed E-state index contributed by atoms with van der Waals surface area (Å²) < 4.78 is 0. The van der Waals surface area contributed by atoms with Crippen LogP contribution in [0.1, 0.15) is 40.1 Å². The molecule has 27 heavy (non-hydrogen) atoms. The van der Waals surface area contributed by atoms with Gasteiger partial charge in [0.2, 0.25) is 0 Å². The topological polar surface area (TPSA) is 97.1 Å². The third kappa shape index (κ3) is 4.23. The number of nitrogens with two attached hydrogens (primary N) is 1. The van der Waals surface area contributed by atoms with Gasteiger partial charge in [0.05, 0.1) is 22.8 Å². The fraction of sp³-hybridized carbons (Fsp3) is 0.190. The molecule has 0 saturated heterocycles. The average Bonchev–Trinajstić information content (AvgIpc) is 2.61. The predicted octanol–water partition coefficient (Wildman–Crippen LogP) is 3.83. The third-order valence-corrected chi connectivity index (χ3v) is 4.43. The van der Waals surface area contributed by atoms with Crippen molar-refractivity contribution in [2.24, 2.45) is 5.73 Å². The summed E-state index contributed by atoms with van der Waals surface area (Å²) in [5, 5.41) is 6.44. The first-order valence-electron chi connectivity index (χ1n) is 8.69. The van der Waals surface area contributed by atoms with Crippen molar-refractivity contribution in [3.05, 3.63) is 70.9 Å². The van der Waals surface area contributed by atoms with Crippen molar-refractivity contribution in [2.45, 2.75) is 26.8 Å². The van der Waals surface area contributed by atoms with Crippen LogP contribution in [0.3, 0.4) is 0 Å². The minimum Gasteiger partial charge on any atom is -0.351 e. The molecule has 6 heteroatoms. The van der Waals surface area contributed by atoms with Crippen molar-refractivity contribution in [2.75, 3.05) is 5.32 Å². The number of hydrogen-bond acceptors (Lipinski definition) is 3. The highest BCUT2D eigenvalue weighted by Gasteiger charge is 2.15. The number of benzene rings is 2. The fourth-order valence-electron chi connectivity index (χ4n) is 2.96. The molecule has 3 rings (SSSR count). The van der Waals surface area contributed by atoms with Crippen LogP contribution in [0, 0.1) is 13.8 Å². The van der Waals surface area contributed by atoms with E-state index in [1.807, 2.05) is 57.2 Å². The minimum atomic E-state index is -0.612. The zero-order valence-corrected chi connectivity index (χ0v) is 15.5. The SMILES string of the molecule is Cc1ccc2cc(C(=O)NC(C)c3ccc(NC(N)=O)cc3)c(C)nc2c1. The lowest BCUT2D eigenvalue weighted by atomic mass is 10.1. The maximum absolute atomic E-state index is 12.7. The molecular weight excluding hydrogens is 340 g/mol. The summed E-state index contributed by atoms with van der Waals surface area (Å²) in [6.07, 6.45) is 0. The molecule has 4 N–H and O–H groups in total. The van der Waals surface area contributed by atoms with Crippen molar-refractivity contribution in [1.29, 1.82) is 0 Å². The van der Waals surface area contributed by atoms with Gasteiger partial charge in [0.15, 0.2) is 0 Å². The van der Waals surface area contributed by atoms with E-state index in [1.54, 1.807) is 12.1 Å². The molecule has 0 aliphatic heterocycles. The molecule has 138 valence electrons. The van der Waals surface area contributed by atoms with Gasteiger partial charge in [-0.3, -0.25) is 9.78 Å². The van der Waals surface area contributed by atoms with E-state index in [1.165, 1.54) is 0 Å². The highest BCUT2D eigenvalue weighted by molar-refractivity contribution is 5.99. The van der Waals surface area contributed by atoms with E-state index in [9.17, 15) is 9.59 Å². The largest absolute Gasteiger partial charge is 0.351 e. The van der Waals surface area contributed by atoms with Gasteiger partial charge in [-0.2, -0.15) is 0 Å². The van der Waals surface area contributed by atoms with Gasteiger partial charge >= 0.3 is 6.03 Å². The van der Waals surface area contributed by atoms with Gasteiger partial charge < -0.3 is 16.4 Å². The molecule has 0 saturated carbocycles. The van der Waals surface area contributed by atoms with Crippen molar-refractivity contribution in [3.63, 3.8) is 0 Å². The molecule has 0 aliphatic carbocycles. The summed E-state index contributed by atoms with van der Waals surface area (Å²) in [4.78, 5) is 28.2. The van der Waals surface area contributed by atoms with E-state index in [-0.39, 0.29) is 11.9 Å². The number of primary amides is 1. The van der Waals surface area contributed by atoms with Crippen LogP contribution in [0.5, 0.6) is 0 Å². The number of hydrogen-bond donors (Lipinski definition) is 3. The number of amides is 3. The zero-order chi connectivity index (χ0) is 19.6. The second-order valence-corrected chi connectivity index (χ2v) is 6.62. The molecule has 1 atom stereocenters. The highest BCUT2D eigenvalue weighted by Crippen LogP contribution is 2.20. The number of aryl methyl sites for hydroxylation is 2. The molecule has 2 aromatic carbocycles. The molecule has 6 nitrogen and oxygen atoms in total. The lowest BCUT2D eigenvalue weighted by Gasteiger charge is -2.16. The second-order valence-electron chi connectivity index (χ2n) is 6.62. The van der Waals surface area contributed by atoms with E-state index >= 15 is 0 Å².